The van der Waals surface area contributed by atoms with Gasteiger partial charge in [-0.1, -0.05) is 24.3 Å². The molecule has 0 aromatic heterocycles. The minimum atomic E-state index is -0.297. The van der Waals surface area contributed by atoms with Crippen molar-refractivity contribution in [3.63, 3.8) is 0 Å². The SMILES string of the molecule is CC1(B2OC(C)(C)C(C)(C)O2)NCCc2ccccc21. The molecular formula is C16H24BNO2. The Morgan fingerprint density at radius 3 is 2.25 bits per heavy atom. The molecule has 1 saturated heterocycles. The van der Waals surface area contributed by atoms with Gasteiger partial charge in [0.25, 0.3) is 0 Å². The fraction of sp³-hybridized carbons (Fsp3) is 0.625. The number of fused-ring (bicyclic) bond motifs is 1. The van der Waals surface area contributed by atoms with Crippen LogP contribution >= 0.6 is 0 Å². The first-order chi connectivity index (χ1) is 9.26. The van der Waals surface area contributed by atoms with Gasteiger partial charge < -0.3 is 14.6 Å². The fourth-order valence-electron chi connectivity index (χ4n) is 3.09. The molecule has 2 aliphatic heterocycles. The van der Waals surface area contributed by atoms with E-state index in [4.69, 9.17) is 9.31 Å². The normalized spacial score (nSPS) is 31.1. The van der Waals surface area contributed by atoms with Crippen LogP contribution in [-0.2, 0) is 21.2 Å². The number of rotatable bonds is 1. The first-order valence-corrected chi connectivity index (χ1v) is 7.45. The van der Waals surface area contributed by atoms with Gasteiger partial charge >= 0.3 is 7.12 Å². The summed E-state index contributed by atoms with van der Waals surface area (Å²) >= 11 is 0. The summed E-state index contributed by atoms with van der Waals surface area (Å²) in [5, 5.41) is 3.62. The highest BCUT2D eigenvalue weighted by molar-refractivity contribution is 6.49. The molecule has 0 saturated carbocycles. The van der Waals surface area contributed by atoms with Crippen molar-refractivity contribution < 1.29 is 9.31 Å². The molecule has 0 aliphatic carbocycles. The highest BCUT2D eigenvalue weighted by Gasteiger charge is 2.59. The third kappa shape index (κ3) is 1.93. The van der Waals surface area contributed by atoms with Crippen LogP contribution in [0.4, 0.5) is 0 Å². The minimum Gasteiger partial charge on any atom is -0.402 e. The van der Waals surface area contributed by atoms with Crippen LogP contribution in [0.2, 0.25) is 0 Å². The molecular weight excluding hydrogens is 249 g/mol. The summed E-state index contributed by atoms with van der Waals surface area (Å²) in [6.07, 6.45) is 1.06. The predicted molar refractivity (Wildman–Crippen MR) is 81.6 cm³/mol. The van der Waals surface area contributed by atoms with Gasteiger partial charge in [0.05, 0.1) is 16.6 Å². The Kier molecular flexibility index (Phi) is 3.05. The second-order valence-corrected chi connectivity index (χ2v) is 7.12. The molecule has 1 aromatic carbocycles. The zero-order chi connectivity index (χ0) is 14.6. The third-order valence-electron chi connectivity index (χ3n) is 5.19. The minimum absolute atomic E-state index is 0.269. The van der Waals surface area contributed by atoms with E-state index in [2.05, 4.69) is 64.2 Å². The van der Waals surface area contributed by atoms with E-state index in [1.54, 1.807) is 0 Å². The maximum Gasteiger partial charge on any atom is 0.483 e. The Hall–Kier alpha value is -0.835. The monoisotopic (exact) mass is 273 g/mol. The summed E-state index contributed by atoms with van der Waals surface area (Å²) in [4.78, 5) is 0. The Balaban J connectivity index is 2.00. The molecule has 1 atom stereocenters. The zero-order valence-corrected chi connectivity index (χ0v) is 13.1. The van der Waals surface area contributed by atoms with Crippen molar-refractivity contribution in [2.45, 2.75) is 57.7 Å². The molecule has 2 heterocycles. The maximum atomic E-state index is 6.28. The smallest absolute Gasteiger partial charge is 0.402 e. The molecule has 1 unspecified atom stereocenters. The molecule has 0 radical (unpaired) electrons. The van der Waals surface area contributed by atoms with Crippen molar-refractivity contribution in [3.05, 3.63) is 35.4 Å². The van der Waals surface area contributed by atoms with E-state index in [1.807, 2.05) is 0 Å². The second kappa shape index (κ2) is 4.33. The molecule has 0 spiro atoms. The van der Waals surface area contributed by atoms with Gasteiger partial charge in [-0.15, -0.1) is 0 Å². The maximum absolute atomic E-state index is 6.28. The Morgan fingerprint density at radius 2 is 1.60 bits per heavy atom. The van der Waals surface area contributed by atoms with Gasteiger partial charge in [-0.25, -0.2) is 0 Å². The number of hydrogen-bond acceptors (Lipinski definition) is 3. The first-order valence-electron chi connectivity index (χ1n) is 7.45. The summed E-state index contributed by atoms with van der Waals surface area (Å²) in [5.74, 6) is 0. The van der Waals surface area contributed by atoms with Crippen LogP contribution in [0.25, 0.3) is 0 Å². The molecule has 1 N–H and O–H groups in total. The van der Waals surface area contributed by atoms with Gasteiger partial charge in [0, 0.05) is 0 Å². The highest BCUT2D eigenvalue weighted by Crippen LogP contribution is 2.43. The van der Waals surface area contributed by atoms with Crippen molar-refractivity contribution in [1.29, 1.82) is 0 Å². The first kappa shape index (κ1) is 14.1. The lowest BCUT2D eigenvalue weighted by molar-refractivity contribution is 0.00578. The lowest BCUT2D eigenvalue weighted by Gasteiger charge is -2.38. The van der Waals surface area contributed by atoms with Crippen LogP contribution in [0.5, 0.6) is 0 Å². The van der Waals surface area contributed by atoms with Crippen LogP contribution < -0.4 is 5.32 Å². The van der Waals surface area contributed by atoms with Crippen LogP contribution in [0.15, 0.2) is 24.3 Å². The molecule has 0 amide bonds. The Morgan fingerprint density at radius 1 is 1.00 bits per heavy atom. The van der Waals surface area contributed by atoms with E-state index in [1.165, 1.54) is 11.1 Å². The van der Waals surface area contributed by atoms with Crippen LogP contribution in [0.3, 0.4) is 0 Å². The van der Waals surface area contributed by atoms with Gasteiger partial charge in [-0.2, -0.15) is 0 Å². The number of hydrogen-bond donors (Lipinski definition) is 1. The third-order valence-corrected chi connectivity index (χ3v) is 5.19. The summed E-state index contributed by atoms with van der Waals surface area (Å²) in [6.45, 7) is 11.6. The van der Waals surface area contributed by atoms with Gasteiger partial charge in [0.2, 0.25) is 0 Å². The topological polar surface area (TPSA) is 30.5 Å². The predicted octanol–water partition coefficient (Wildman–Crippen LogP) is 2.68. The molecule has 108 valence electrons. The van der Waals surface area contributed by atoms with Gasteiger partial charge in [0.1, 0.15) is 0 Å². The van der Waals surface area contributed by atoms with Gasteiger partial charge in [0.15, 0.2) is 0 Å². The molecule has 1 aromatic rings. The molecule has 3 rings (SSSR count). The average Bonchev–Trinajstić information content (AvgIpc) is 2.60. The zero-order valence-electron chi connectivity index (χ0n) is 13.1. The van der Waals surface area contributed by atoms with Crippen molar-refractivity contribution in [2.24, 2.45) is 0 Å². The van der Waals surface area contributed by atoms with E-state index in [0.717, 1.165) is 13.0 Å². The van der Waals surface area contributed by atoms with E-state index >= 15 is 0 Å². The van der Waals surface area contributed by atoms with Crippen molar-refractivity contribution in [1.82, 2.24) is 5.32 Å². The highest BCUT2D eigenvalue weighted by atomic mass is 16.7. The molecule has 3 nitrogen and oxygen atoms in total. The number of benzene rings is 1. The second-order valence-electron chi connectivity index (χ2n) is 7.12. The Bertz CT molecular complexity index is 513. The fourth-order valence-corrected chi connectivity index (χ4v) is 3.09. The van der Waals surface area contributed by atoms with Gasteiger partial charge in [-0.3, -0.25) is 0 Å². The molecule has 2 aliphatic rings. The quantitative estimate of drug-likeness (QED) is 0.798. The molecule has 20 heavy (non-hydrogen) atoms. The summed E-state index contributed by atoms with van der Waals surface area (Å²) < 4.78 is 12.6. The molecule has 4 heteroatoms. The standard InChI is InChI=1S/C16H24BNO2/c1-14(2)15(3,4)20-17(19-14)16(5)13-9-7-6-8-12(13)10-11-18-16/h6-9,18H,10-11H2,1-5H3. The van der Waals surface area contributed by atoms with Crippen molar-refractivity contribution in [3.8, 4) is 0 Å². The van der Waals surface area contributed by atoms with E-state index < -0.39 is 0 Å². The van der Waals surface area contributed by atoms with Crippen LogP contribution in [-0.4, -0.2) is 24.9 Å². The van der Waals surface area contributed by atoms with E-state index in [0.29, 0.717) is 0 Å². The molecule has 0 bridgehead atoms. The lowest BCUT2D eigenvalue weighted by atomic mass is 9.59. The summed E-state index contributed by atoms with van der Waals surface area (Å²) in [6, 6.07) is 8.59. The van der Waals surface area contributed by atoms with Crippen LogP contribution in [0, 0.1) is 0 Å². The van der Waals surface area contributed by atoms with E-state index in [-0.39, 0.29) is 23.8 Å². The Labute approximate surface area is 122 Å². The average molecular weight is 273 g/mol. The van der Waals surface area contributed by atoms with E-state index in [9.17, 15) is 0 Å². The van der Waals surface area contributed by atoms with Crippen molar-refractivity contribution in [2.75, 3.05) is 6.54 Å². The summed E-state index contributed by atoms with van der Waals surface area (Å²) in [5.41, 5.74) is 1.80. The van der Waals surface area contributed by atoms with Crippen LogP contribution in [0.1, 0.15) is 45.7 Å². The largest absolute Gasteiger partial charge is 0.483 e. The molecule has 1 fully saturated rings. The lowest BCUT2D eigenvalue weighted by Crippen LogP contribution is -2.57. The summed E-state index contributed by atoms with van der Waals surface area (Å²) in [7, 11) is -0.269. The number of nitrogens with one attached hydrogen (secondary N) is 1. The van der Waals surface area contributed by atoms with Gasteiger partial charge in [-0.05, 0) is 58.7 Å². The van der Waals surface area contributed by atoms with Crippen molar-refractivity contribution >= 4 is 7.12 Å².